The Labute approximate surface area is 125 Å². The molecule has 0 aliphatic heterocycles. The molecular formula is C14H10ClNO3S. The summed E-state index contributed by atoms with van der Waals surface area (Å²) in [6.45, 7) is 0. The standard InChI is InChI=1S/C14H10ClNO3S/c1-19-9-4-2-8(3-5-9)10-6-11(15)13(17)14(18)12(10)16-7-20/h2-6,17-18H,1H3. The Hall–Kier alpha value is -2.07. The van der Waals surface area contributed by atoms with Crippen molar-refractivity contribution in [3.63, 3.8) is 0 Å². The minimum absolute atomic E-state index is 0.0247. The number of aliphatic imine (C=N–C) groups is 1. The van der Waals surface area contributed by atoms with E-state index in [0.717, 1.165) is 5.56 Å². The lowest BCUT2D eigenvalue weighted by Gasteiger charge is -2.10. The number of aromatic hydroxyl groups is 2. The van der Waals surface area contributed by atoms with Gasteiger partial charge < -0.3 is 14.9 Å². The Kier molecular flexibility index (Phi) is 4.25. The van der Waals surface area contributed by atoms with Crippen molar-refractivity contribution in [3.8, 4) is 28.4 Å². The van der Waals surface area contributed by atoms with E-state index < -0.39 is 11.5 Å². The second kappa shape index (κ2) is 5.92. The van der Waals surface area contributed by atoms with Gasteiger partial charge in [0, 0.05) is 5.56 Å². The molecule has 6 heteroatoms. The van der Waals surface area contributed by atoms with Crippen LogP contribution in [0.15, 0.2) is 35.3 Å². The Morgan fingerprint density at radius 2 is 1.85 bits per heavy atom. The van der Waals surface area contributed by atoms with Gasteiger partial charge in [0.2, 0.25) is 0 Å². The number of hydrogen-bond acceptors (Lipinski definition) is 5. The maximum absolute atomic E-state index is 9.91. The van der Waals surface area contributed by atoms with Crippen LogP contribution < -0.4 is 4.74 Å². The fraction of sp³-hybridized carbons (Fsp3) is 0.0714. The minimum atomic E-state index is -0.437. The smallest absolute Gasteiger partial charge is 0.186 e. The van der Waals surface area contributed by atoms with E-state index in [9.17, 15) is 10.2 Å². The van der Waals surface area contributed by atoms with Gasteiger partial charge in [-0.15, -0.1) is 0 Å². The van der Waals surface area contributed by atoms with Crippen molar-refractivity contribution in [1.29, 1.82) is 0 Å². The zero-order valence-corrected chi connectivity index (χ0v) is 12.0. The van der Waals surface area contributed by atoms with E-state index >= 15 is 0 Å². The van der Waals surface area contributed by atoms with Crippen LogP contribution in [0.1, 0.15) is 0 Å². The van der Waals surface area contributed by atoms with Crippen molar-refractivity contribution in [2.45, 2.75) is 0 Å². The van der Waals surface area contributed by atoms with Crippen LogP contribution in [0.5, 0.6) is 17.2 Å². The highest BCUT2D eigenvalue weighted by molar-refractivity contribution is 7.78. The number of ether oxygens (including phenoxy) is 1. The molecule has 0 aromatic heterocycles. The Bertz CT molecular complexity index is 695. The first kappa shape index (κ1) is 14.3. The van der Waals surface area contributed by atoms with Crippen LogP contribution in [0, 0.1) is 0 Å². The summed E-state index contributed by atoms with van der Waals surface area (Å²) in [5.41, 5.74) is 1.39. The summed E-state index contributed by atoms with van der Waals surface area (Å²) >= 11 is 10.4. The summed E-state index contributed by atoms with van der Waals surface area (Å²) in [4.78, 5) is 3.79. The first-order valence-electron chi connectivity index (χ1n) is 5.55. The maximum Gasteiger partial charge on any atom is 0.186 e. The van der Waals surface area contributed by atoms with Crippen LogP contribution in [0.4, 0.5) is 5.69 Å². The van der Waals surface area contributed by atoms with Crippen molar-refractivity contribution in [2.75, 3.05) is 7.11 Å². The Morgan fingerprint density at radius 3 is 2.40 bits per heavy atom. The SMILES string of the molecule is COc1ccc(-c2cc(Cl)c(O)c(O)c2N=C=S)cc1. The number of phenols is 2. The molecule has 20 heavy (non-hydrogen) atoms. The van der Waals surface area contributed by atoms with Gasteiger partial charge in [0.15, 0.2) is 11.5 Å². The molecule has 0 amide bonds. The van der Waals surface area contributed by atoms with Crippen molar-refractivity contribution in [3.05, 3.63) is 35.4 Å². The molecule has 0 saturated heterocycles. The van der Waals surface area contributed by atoms with E-state index in [1.807, 2.05) is 0 Å². The molecule has 0 saturated carbocycles. The first-order chi connectivity index (χ1) is 9.58. The van der Waals surface area contributed by atoms with Crippen molar-refractivity contribution < 1.29 is 14.9 Å². The predicted molar refractivity (Wildman–Crippen MR) is 81.5 cm³/mol. The molecule has 0 unspecified atom stereocenters. The molecule has 2 aromatic carbocycles. The molecule has 0 spiro atoms. The summed E-state index contributed by atoms with van der Waals surface area (Å²) in [6.07, 6.45) is 0. The number of phenolic OH excluding ortho intramolecular Hbond substituents is 2. The van der Waals surface area contributed by atoms with Gasteiger partial charge in [-0.25, -0.2) is 0 Å². The molecular weight excluding hydrogens is 298 g/mol. The highest BCUT2D eigenvalue weighted by Crippen LogP contribution is 2.47. The zero-order chi connectivity index (χ0) is 14.7. The van der Waals surface area contributed by atoms with Gasteiger partial charge in [-0.1, -0.05) is 23.7 Å². The lowest BCUT2D eigenvalue weighted by molar-refractivity contribution is 0.405. The summed E-state index contributed by atoms with van der Waals surface area (Å²) in [5.74, 6) is -0.170. The van der Waals surface area contributed by atoms with Crippen molar-refractivity contribution in [2.24, 2.45) is 4.99 Å². The fourth-order valence-corrected chi connectivity index (χ4v) is 2.06. The predicted octanol–water partition coefficient (Wildman–Crippen LogP) is 4.16. The van der Waals surface area contributed by atoms with Crippen LogP contribution in [0.2, 0.25) is 5.02 Å². The summed E-state index contributed by atoms with van der Waals surface area (Å²) in [7, 11) is 1.57. The Morgan fingerprint density at radius 1 is 1.20 bits per heavy atom. The van der Waals surface area contributed by atoms with Crippen LogP contribution in [-0.4, -0.2) is 22.5 Å². The van der Waals surface area contributed by atoms with Crippen LogP contribution in [-0.2, 0) is 0 Å². The monoisotopic (exact) mass is 307 g/mol. The molecule has 0 bridgehead atoms. The number of rotatable bonds is 3. The third-order valence-corrected chi connectivity index (χ3v) is 3.14. The number of benzene rings is 2. The van der Waals surface area contributed by atoms with E-state index in [4.69, 9.17) is 16.3 Å². The maximum atomic E-state index is 9.91. The van der Waals surface area contributed by atoms with Gasteiger partial charge in [-0.05, 0) is 36.0 Å². The number of isothiocyanates is 1. The third kappa shape index (κ3) is 2.60. The largest absolute Gasteiger partial charge is 0.503 e. The normalized spacial score (nSPS) is 9.90. The topological polar surface area (TPSA) is 62.0 Å². The zero-order valence-electron chi connectivity index (χ0n) is 10.4. The van der Waals surface area contributed by atoms with Gasteiger partial charge in [0.05, 0.1) is 17.3 Å². The Balaban J connectivity index is 2.68. The van der Waals surface area contributed by atoms with Crippen molar-refractivity contribution in [1.82, 2.24) is 0 Å². The minimum Gasteiger partial charge on any atom is -0.503 e. The first-order valence-corrected chi connectivity index (χ1v) is 6.33. The second-order valence-electron chi connectivity index (χ2n) is 3.88. The molecule has 0 fully saturated rings. The number of thiocarbonyl (C=S) groups is 1. The number of methoxy groups -OCH3 is 1. The summed E-state index contributed by atoms with van der Waals surface area (Å²) in [6, 6.07) is 8.59. The number of nitrogens with zero attached hydrogens (tertiary/aromatic N) is 1. The van der Waals surface area contributed by atoms with E-state index in [0.29, 0.717) is 11.3 Å². The lowest BCUT2D eigenvalue weighted by Crippen LogP contribution is -1.85. The van der Waals surface area contributed by atoms with Crippen molar-refractivity contribution >= 4 is 34.7 Å². The molecule has 0 radical (unpaired) electrons. The summed E-state index contributed by atoms with van der Waals surface area (Å²) < 4.78 is 5.08. The molecule has 102 valence electrons. The molecule has 0 heterocycles. The van der Waals surface area contributed by atoms with Gasteiger partial charge in [-0.2, -0.15) is 4.99 Å². The van der Waals surface area contributed by atoms with E-state index in [1.165, 1.54) is 6.07 Å². The highest BCUT2D eigenvalue weighted by atomic mass is 35.5. The van der Waals surface area contributed by atoms with Crippen LogP contribution >= 0.6 is 23.8 Å². The molecule has 2 rings (SSSR count). The van der Waals surface area contributed by atoms with E-state index in [-0.39, 0.29) is 10.7 Å². The second-order valence-corrected chi connectivity index (χ2v) is 4.47. The molecule has 0 aliphatic carbocycles. The average molecular weight is 308 g/mol. The average Bonchev–Trinajstić information content (AvgIpc) is 2.48. The van der Waals surface area contributed by atoms with Crippen LogP contribution in [0.3, 0.4) is 0 Å². The van der Waals surface area contributed by atoms with Crippen LogP contribution in [0.25, 0.3) is 11.1 Å². The van der Waals surface area contributed by atoms with Gasteiger partial charge >= 0.3 is 0 Å². The molecule has 2 aromatic rings. The molecule has 2 N–H and O–H groups in total. The third-order valence-electron chi connectivity index (χ3n) is 2.76. The van der Waals surface area contributed by atoms with Gasteiger partial charge in [0.1, 0.15) is 11.4 Å². The summed E-state index contributed by atoms with van der Waals surface area (Å²) in [5, 5.41) is 21.8. The van der Waals surface area contributed by atoms with E-state index in [2.05, 4.69) is 22.4 Å². The quantitative estimate of drug-likeness (QED) is 0.508. The fourth-order valence-electron chi connectivity index (χ4n) is 1.77. The molecule has 4 nitrogen and oxygen atoms in total. The number of hydrogen-bond donors (Lipinski definition) is 2. The number of halogens is 1. The molecule has 0 atom stereocenters. The van der Waals surface area contributed by atoms with E-state index in [1.54, 1.807) is 31.4 Å². The molecule has 0 aliphatic rings. The highest BCUT2D eigenvalue weighted by Gasteiger charge is 2.17. The van der Waals surface area contributed by atoms with Gasteiger partial charge in [-0.3, -0.25) is 0 Å². The van der Waals surface area contributed by atoms with Gasteiger partial charge in [0.25, 0.3) is 0 Å². The lowest BCUT2D eigenvalue weighted by atomic mass is 10.0.